The van der Waals surface area contributed by atoms with Crippen LogP contribution < -0.4 is 10.5 Å². The van der Waals surface area contributed by atoms with Crippen LogP contribution >= 0.6 is 0 Å². The van der Waals surface area contributed by atoms with Crippen LogP contribution in [0.3, 0.4) is 0 Å². The highest BCUT2D eigenvalue weighted by atomic mass is 16.5. The van der Waals surface area contributed by atoms with E-state index in [9.17, 15) is 0 Å². The van der Waals surface area contributed by atoms with Gasteiger partial charge < -0.3 is 10.5 Å². The summed E-state index contributed by atoms with van der Waals surface area (Å²) < 4.78 is 5.42. The van der Waals surface area contributed by atoms with Gasteiger partial charge in [-0.25, -0.2) is 0 Å². The molecular weight excluding hydrogens is 180 g/mol. The fourth-order valence-electron chi connectivity index (χ4n) is 1.05. The van der Waals surface area contributed by atoms with E-state index >= 15 is 0 Å². The van der Waals surface area contributed by atoms with Crippen molar-refractivity contribution < 1.29 is 4.74 Å². The normalized spacial score (nSPS) is 10.0. The third-order valence-corrected chi connectivity index (χ3v) is 1.68. The Hall–Kier alpha value is -2.04. The van der Waals surface area contributed by atoms with E-state index in [1.807, 2.05) is 12.1 Å². The highest BCUT2D eigenvalue weighted by Gasteiger charge is 1.98. The molecule has 0 amide bonds. The Kier molecular flexibility index (Phi) is 2.31. The summed E-state index contributed by atoms with van der Waals surface area (Å²) in [4.78, 5) is 3.93. The molecule has 0 aliphatic heterocycles. The zero-order valence-electron chi connectivity index (χ0n) is 7.47. The number of nitrogens with two attached hydrogens (primary N) is 1. The molecule has 14 heavy (non-hydrogen) atoms. The molecule has 0 spiro atoms. The van der Waals surface area contributed by atoms with Gasteiger partial charge in [0.05, 0.1) is 11.9 Å². The van der Waals surface area contributed by atoms with Gasteiger partial charge in [-0.1, -0.05) is 0 Å². The summed E-state index contributed by atoms with van der Waals surface area (Å²) in [7, 11) is 0. The number of nitrogens with one attached hydrogen (secondary N) is 1. The largest absolute Gasteiger partial charge is 0.486 e. The SMILES string of the molecule is Nc1cc(COc2cccnc2)[nH]n1. The third-order valence-electron chi connectivity index (χ3n) is 1.68. The maximum atomic E-state index is 5.44. The molecule has 0 saturated heterocycles. The summed E-state index contributed by atoms with van der Waals surface area (Å²) in [5.41, 5.74) is 6.28. The van der Waals surface area contributed by atoms with Gasteiger partial charge in [-0.2, -0.15) is 5.10 Å². The Balaban J connectivity index is 1.95. The van der Waals surface area contributed by atoms with E-state index in [1.54, 1.807) is 18.5 Å². The van der Waals surface area contributed by atoms with E-state index in [1.165, 1.54) is 0 Å². The number of anilines is 1. The van der Waals surface area contributed by atoms with E-state index in [0.29, 0.717) is 12.4 Å². The number of ether oxygens (including phenoxy) is 1. The summed E-state index contributed by atoms with van der Waals surface area (Å²) in [5.74, 6) is 1.19. The monoisotopic (exact) mass is 190 g/mol. The van der Waals surface area contributed by atoms with Gasteiger partial charge in [-0.05, 0) is 12.1 Å². The van der Waals surface area contributed by atoms with Crippen LogP contribution in [0.4, 0.5) is 5.82 Å². The molecule has 2 aromatic heterocycles. The maximum absolute atomic E-state index is 5.44. The van der Waals surface area contributed by atoms with Crippen LogP contribution in [0, 0.1) is 0 Å². The average molecular weight is 190 g/mol. The lowest BCUT2D eigenvalue weighted by Gasteiger charge is -2.02. The van der Waals surface area contributed by atoms with Gasteiger partial charge in [0.2, 0.25) is 0 Å². The van der Waals surface area contributed by atoms with Crippen LogP contribution in [0.15, 0.2) is 30.6 Å². The van der Waals surface area contributed by atoms with Crippen molar-refractivity contribution in [3.05, 3.63) is 36.3 Å². The van der Waals surface area contributed by atoms with Crippen LogP contribution in [0.25, 0.3) is 0 Å². The highest BCUT2D eigenvalue weighted by molar-refractivity contribution is 5.28. The summed E-state index contributed by atoms with van der Waals surface area (Å²) in [6.07, 6.45) is 3.35. The van der Waals surface area contributed by atoms with E-state index in [0.717, 1.165) is 11.4 Å². The zero-order chi connectivity index (χ0) is 9.80. The second-order valence-corrected chi connectivity index (χ2v) is 2.80. The number of nitrogens with zero attached hydrogens (tertiary/aromatic N) is 2. The second kappa shape index (κ2) is 3.78. The molecule has 2 aromatic rings. The van der Waals surface area contributed by atoms with E-state index in [4.69, 9.17) is 10.5 Å². The first-order valence-electron chi connectivity index (χ1n) is 4.17. The molecule has 2 rings (SSSR count). The molecule has 5 nitrogen and oxygen atoms in total. The molecule has 3 N–H and O–H groups in total. The molecule has 72 valence electrons. The number of aromatic nitrogens is 3. The number of hydrogen-bond donors (Lipinski definition) is 2. The first kappa shape index (κ1) is 8.55. The third kappa shape index (κ3) is 2.01. The summed E-state index contributed by atoms with van der Waals surface area (Å²) in [6, 6.07) is 5.39. The molecule has 0 saturated carbocycles. The molecule has 5 heteroatoms. The molecule has 0 atom stereocenters. The number of nitrogen functional groups attached to an aromatic ring is 1. The summed E-state index contributed by atoms with van der Waals surface area (Å²) in [5, 5.41) is 6.54. The lowest BCUT2D eigenvalue weighted by molar-refractivity contribution is 0.300. The minimum absolute atomic E-state index is 0.413. The van der Waals surface area contributed by atoms with Crippen LogP contribution in [-0.4, -0.2) is 15.2 Å². The van der Waals surface area contributed by atoms with Crippen molar-refractivity contribution in [3.63, 3.8) is 0 Å². The highest BCUT2D eigenvalue weighted by Crippen LogP contribution is 2.09. The Morgan fingerprint density at radius 3 is 3.07 bits per heavy atom. The maximum Gasteiger partial charge on any atom is 0.145 e. The number of pyridine rings is 1. The second-order valence-electron chi connectivity index (χ2n) is 2.80. The molecule has 0 aliphatic rings. The molecule has 0 aromatic carbocycles. The lowest BCUT2D eigenvalue weighted by Crippen LogP contribution is -1.95. The van der Waals surface area contributed by atoms with Crippen molar-refractivity contribution in [1.29, 1.82) is 0 Å². The summed E-state index contributed by atoms with van der Waals surface area (Å²) in [6.45, 7) is 0.413. The van der Waals surface area contributed by atoms with Crippen LogP contribution in [-0.2, 0) is 6.61 Å². The first-order chi connectivity index (χ1) is 6.84. The van der Waals surface area contributed by atoms with Crippen molar-refractivity contribution in [2.75, 3.05) is 5.73 Å². The minimum atomic E-state index is 0.413. The molecule has 2 heterocycles. The molecule has 0 radical (unpaired) electrons. The van der Waals surface area contributed by atoms with Gasteiger partial charge in [0.15, 0.2) is 0 Å². The number of hydrogen-bond acceptors (Lipinski definition) is 4. The van der Waals surface area contributed by atoms with Crippen LogP contribution in [0.5, 0.6) is 5.75 Å². The van der Waals surface area contributed by atoms with Crippen molar-refractivity contribution in [3.8, 4) is 5.75 Å². The minimum Gasteiger partial charge on any atom is -0.486 e. The summed E-state index contributed by atoms with van der Waals surface area (Å²) >= 11 is 0. The fourth-order valence-corrected chi connectivity index (χ4v) is 1.05. The molecule has 0 aliphatic carbocycles. The van der Waals surface area contributed by atoms with Crippen molar-refractivity contribution in [2.24, 2.45) is 0 Å². The van der Waals surface area contributed by atoms with Gasteiger partial charge in [-0.3, -0.25) is 10.1 Å². The molecular formula is C9H10N4O. The van der Waals surface area contributed by atoms with Crippen molar-refractivity contribution in [1.82, 2.24) is 15.2 Å². The predicted molar refractivity (Wildman–Crippen MR) is 51.6 cm³/mol. The topological polar surface area (TPSA) is 76.8 Å². The Morgan fingerprint density at radius 2 is 2.43 bits per heavy atom. The van der Waals surface area contributed by atoms with Crippen molar-refractivity contribution in [2.45, 2.75) is 6.61 Å². The van der Waals surface area contributed by atoms with E-state index in [2.05, 4.69) is 15.2 Å². The molecule has 0 fully saturated rings. The number of aromatic amines is 1. The smallest absolute Gasteiger partial charge is 0.145 e. The Labute approximate surface area is 80.9 Å². The van der Waals surface area contributed by atoms with Crippen molar-refractivity contribution >= 4 is 5.82 Å². The van der Waals surface area contributed by atoms with Gasteiger partial charge >= 0.3 is 0 Å². The number of rotatable bonds is 3. The average Bonchev–Trinajstić information content (AvgIpc) is 2.63. The first-order valence-corrected chi connectivity index (χ1v) is 4.17. The van der Waals surface area contributed by atoms with Gasteiger partial charge in [0.25, 0.3) is 0 Å². The van der Waals surface area contributed by atoms with Crippen LogP contribution in [0.2, 0.25) is 0 Å². The van der Waals surface area contributed by atoms with Gasteiger partial charge in [0.1, 0.15) is 18.2 Å². The lowest BCUT2D eigenvalue weighted by atomic mass is 10.4. The zero-order valence-corrected chi connectivity index (χ0v) is 7.47. The quantitative estimate of drug-likeness (QED) is 0.755. The molecule has 0 bridgehead atoms. The number of H-pyrrole nitrogens is 1. The van der Waals surface area contributed by atoms with E-state index in [-0.39, 0.29) is 0 Å². The Morgan fingerprint density at radius 1 is 1.50 bits per heavy atom. The van der Waals surface area contributed by atoms with Gasteiger partial charge in [0, 0.05) is 12.3 Å². The molecule has 0 unspecified atom stereocenters. The standard InChI is InChI=1S/C9H10N4O/c10-9-4-7(12-13-9)6-14-8-2-1-3-11-5-8/h1-5H,6H2,(H3,10,12,13). The van der Waals surface area contributed by atoms with E-state index < -0.39 is 0 Å². The Bertz CT molecular complexity index is 398. The van der Waals surface area contributed by atoms with Gasteiger partial charge in [-0.15, -0.1) is 0 Å². The van der Waals surface area contributed by atoms with Crippen LogP contribution in [0.1, 0.15) is 5.69 Å². The fraction of sp³-hybridized carbons (Fsp3) is 0.111. The predicted octanol–water partition coefficient (Wildman–Crippen LogP) is 0.966.